The molecule has 28 heavy (non-hydrogen) atoms. The van der Waals surface area contributed by atoms with E-state index < -0.39 is 6.10 Å². The van der Waals surface area contributed by atoms with Gasteiger partial charge in [-0.05, 0) is 42.8 Å². The topological polar surface area (TPSA) is 51.7 Å². The molecule has 1 aliphatic rings. The molecule has 6 heteroatoms. The summed E-state index contributed by atoms with van der Waals surface area (Å²) in [5.74, 6) is 0.797. The SMILES string of the molecule is COc1ccc2[nH]cc([C@H](O)CN3CCN(c4cc(Cl)ccc4C)CC3)c2c1. The second-order valence-electron chi connectivity index (χ2n) is 7.39. The number of fused-ring (bicyclic) bond motifs is 1. The molecule has 3 aromatic rings. The lowest BCUT2D eigenvalue weighted by molar-refractivity contribution is 0.110. The van der Waals surface area contributed by atoms with Gasteiger partial charge in [-0.25, -0.2) is 0 Å². The van der Waals surface area contributed by atoms with Gasteiger partial charge in [0.1, 0.15) is 5.75 Å². The van der Waals surface area contributed by atoms with Crippen LogP contribution in [-0.2, 0) is 0 Å². The predicted molar refractivity (Wildman–Crippen MR) is 115 cm³/mol. The number of nitrogens with one attached hydrogen (secondary N) is 1. The number of H-pyrrole nitrogens is 1. The molecule has 0 aliphatic carbocycles. The van der Waals surface area contributed by atoms with E-state index in [-0.39, 0.29) is 0 Å². The molecule has 2 N–H and O–H groups in total. The van der Waals surface area contributed by atoms with Crippen molar-refractivity contribution in [2.24, 2.45) is 0 Å². The number of aromatic nitrogens is 1. The van der Waals surface area contributed by atoms with E-state index in [9.17, 15) is 5.11 Å². The molecule has 0 radical (unpaired) electrons. The fourth-order valence-corrected chi connectivity index (χ4v) is 4.13. The molecule has 1 saturated heterocycles. The zero-order valence-corrected chi connectivity index (χ0v) is 17.0. The molecule has 0 spiro atoms. The van der Waals surface area contributed by atoms with E-state index in [1.165, 1.54) is 11.3 Å². The number of benzene rings is 2. The van der Waals surface area contributed by atoms with Crippen molar-refractivity contribution in [3.05, 3.63) is 58.7 Å². The van der Waals surface area contributed by atoms with Crippen LogP contribution in [0.4, 0.5) is 5.69 Å². The maximum absolute atomic E-state index is 10.9. The van der Waals surface area contributed by atoms with Crippen molar-refractivity contribution in [2.75, 3.05) is 44.7 Å². The summed E-state index contributed by atoms with van der Waals surface area (Å²) in [7, 11) is 1.66. The van der Waals surface area contributed by atoms with Crippen molar-refractivity contribution >= 4 is 28.2 Å². The number of methoxy groups -OCH3 is 1. The van der Waals surface area contributed by atoms with Crippen molar-refractivity contribution in [1.29, 1.82) is 0 Å². The summed E-state index contributed by atoms with van der Waals surface area (Å²) in [6.45, 7) is 6.41. The third kappa shape index (κ3) is 3.83. The first-order valence-electron chi connectivity index (χ1n) is 9.61. The van der Waals surface area contributed by atoms with Crippen molar-refractivity contribution in [3.8, 4) is 5.75 Å². The lowest BCUT2D eigenvalue weighted by Crippen LogP contribution is -2.47. The molecule has 5 nitrogen and oxygen atoms in total. The van der Waals surface area contributed by atoms with Gasteiger partial charge in [-0.3, -0.25) is 4.90 Å². The Balaban J connectivity index is 1.41. The normalized spacial score (nSPS) is 16.5. The van der Waals surface area contributed by atoms with E-state index in [1.54, 1.807) is 7.11 Å². The van der Waals surface area contributed by atoms with E-state index in [0.29, 0.717) is 6.54 Å². The van der Waals surface area contributed by atoms with Gasteiger partial charge in [0.15, 0.2) is 0 Å². The Morgan fingerprint density at radius 2 is 1.93 bits per heavy atom. The molecule has 2 heterocycles. The van der Waals surface area contributed by atoms with E-state index >= 15 is 0 Å². The largest absolute Gasteiger partial charge is 0.497 e. The maximum atomic E-state index is 10.9. The van der Waals surface area contributed by atoms with Crippen molar-refractivity contribution in [1.82, 2.24) is 9.88 Å². The number of ether oxygens (including phenoxy) is 1. The van der Waals surface area contributed by atoms with Crippen molar-refractivity contribution < 1.29 is 9.84 Å². The van der Waals surface area contributed by atoms with Crippen LogP contribution in [0.2, 0.25) is 5.02 Å². The van der Waals surface area contributed by atoms with Crippen molar-refractivity contribution in [2.45, 2.75) is 13.0 Å². The molecule has 1 aliphatic heterocycles. The second kappa shape index (κ2) is 8.03. The Morgan fingerprint density at radius 3 is 2.68 bits per heavy atom. The molecule has 0 amide bonds. The zero-order chi connectivity index (χ0) is 19.7. The highest BCUT2D eigenvalue weighted by molar-refractivity contribution is 6.30. The molecule has 4 rings (SSSR count). The molecule has 0 bridgehead atoms. The number of hydrogen-bond acceptors (Lipinski definition) is 4. The minimum atomic E-state index is -0.541. The number of aryl methyl sites for hydroxylation is 1. The number of anilines is 1. The van der Waals surface area contributed by atoms with Crippen molar-refractivity contribution in [3.63, 3.8) is 0 Å². The van der Waals surface area contributed by atoms with Crippen LogP contribution < -0.4 is 9.64 Å². The van der Waals surface area contributed by atoms with Gasteiger partial charge in [-0.2, -0.15) is 0 Å². The number of nitrogens with zero attached hydrogens (tertiary/aromatic N) is 2. The molecule has 148 valence electrons. The lowest BCUT2D eigenvalue weighted by atomic mass is 10.1. The summed E-state index contributed by atoms with van der Waals surface area (Å²) in [5.41, 5.74) is 4.38. The standard InChI is InChI=1S/C22H26ClN3O2/c1-15-3-4-16(23)11-21(15)26-9-7-25(8-10-26)14-22(27)19-13-24-20-6-5-17(28-2)12-18(19)20/h3-6,11-13,22,24,27H,7-10,14H2,1-2H3/t22-/m1/s1. The monoisotopic (exact) mass is 399 g/mol. The fraction of sp³-hybridized carbons (Fsp3) is 0.364. The second-order valence-corrected chi connectivity index (χ2v) is 7.83. The van der Waals surface area contributed by atoms with Gasteiger partial charge in [0, 0.05) is 66.1 Å². The Hall–Kier alpha value is -2.21. The van der Waals surface area contributed by atoms with Crippen LogP contribution in [0.3, 0.4) is 0 Å². The third-order valence-corrected chi connectivity index (χ3v) is 5.83. The molecule has 1 fully saturated rings. The van der Waals surface area contributed by atoms with Gasteiger partial charge < -0.3 is 19.7 Å². The highest BCUT2D eigenvalue weighted by atomic mass is 35.5. The van der Waals surface area contributed by atoms with Crippen LogP contribution in [0, 0.1) is 6.92 Å². The quantitative estimate of drug-likeness (QED) is 0.681. The van der Waals surface area contributed by atoms with Crippen LogP contribution in [-0.4, -0.2) is 54.8 Å². The Morgan fingerprint density at radius 1 is 1.14 bits per heavy atom. The van der Waals surface area contributed by atoms with Gasteiger partial charge in [0.05, 0.1) is 13.2 Å². The average Bonchev–Trinajstić information content (AvgIpc) is 3.13. The zero-order valence-electron chi connectivity index (χ0n) is 16.3. The van der Waals surface area contributed by atoms with Crippen LogP contribution in [0.5, 0.6) is 5.75 Å². The smallest absolute Gasteiger partial charge is 0.119 e. The van der Waals surface area contributed by atoms with Crippen LogP contribution >= 0.6 is 11.6 Å². The number of aromatic amines is 1. The summed E-state index contributed by atoms with van der Waals surface area (Å²) in [5, 5.41) is 12.6. The molecule has 1 aromatic heterocycles. The summed E-state index contributed by atoms with van der Waals surface area (Å²) < 4.78 is 5.33. The highest BCUT2D eigenvalue weighted by Gasteiger charge is 2.22. The summed E-state index contributed by atoms with van der Waals surface area (Å²) in [6.07, 6.45) is 1.36. The highest BCUT2D eigenvalue weighted by Crippen LogP contribution is 2.29. The van der Waals surface area contributed by atoms with Crippen LogP contribution in [0.25, 0.3) is 10.9 Å². The lowest BCUT2D eigenvalue weighted by Gasteiger charge is -2.37. The Kier molecular flexibility index (Phi) is 5.49. The number of piperazine rings is 1. The first-order chi connectivity index (χ1) is 13.5. The maximum Gasteiger partial charge on any atom is 0.119 e. The van der Waals surface area contributed by atoms with Gasteiger partial charge in [0.2, 0.25) is 0 Å². The molecule has 0 saturated carbocycles. The molecular weight excluding hydrogens is 374 g/mol. The van der Waals surface area contributed by atoms with E-state index in [2.05, 4.69) is 27.8 Å². The fourth-order valence-electron chi connectivity index (χ4n) is 3.96. The summed E-state index contributed by atoms with van der Waals surface area (Å²) in [6, 6.07) is 11.9. The minimum Gasteiger partial charge on any atom is -0.497 e. The predicted octanol–water partition coefficient (Wildman–Crippen LogP) is 3.99. The summed E-state index contributed by atoms with van der Waals surface area (Å²) in [4.78, 5) is 7.94. The molecule has 2 aromatic carbocycles. The van der Waals surface area contributed by atoms with Gasteiger partial charge in [0.25, 0.3) is 0 Å². The van der Waals surface area contributed by atoms with E-state index in [4.69, 9.17) is 16.3 Å². The molecular formula is C22H26ClN3O2. The number of rotatable bonds is 5. The first kappa shape index (κ1) is 19.1. The average molecular weight is 400 g/mol. The van der Waals surface area contributed by atoms with Crippen LogP contribution in [0.1, 0.15) is 17.2 Å². The minimum absolute atomic E-state index is 0.541. The first-order valence-corrected chi connectivity index (χ1v) is 9.99. The number of aliphatic hydroxyl groups excluding tert-OH is 1. The number of β-amino-alcohol motifs (C(OH)–C–C–N with tert-alkyl or cyclic N) is 1. The van der Waals surface area contributed by atoms with Crippen LogP contribution in [0.15, 0.2) is 42.6 Å². The number of hydrogen-bond donors (Lipinski definition) is 2. The molecule has 0 unspecified atom stereocenters. The molecule has 1 atom stereocenters. The van der Waals surface area contributed by atoms with E-state index in [1.807, 2.05) is 36.5 Å². The van der Waals surface area contributed by atoms with E-state index in [0.717, 1.165) is 53.4 Å². The van der Waals surface area contributed by atoms with Gasteiger partial charge in [-0.15, -0.1) is 0 Å². The third-order valence-electron chi connectivity index (χ3n) is 5.60. The number of halogens is 1. The van der Waals surface area contributed by atoms with Gasteiger partial charge >= 0.3 is 0 Å². The number of aliphatic hydroxyl groups is 1. The Bertz CT molecular complexity index is 964. The Labute approximate surface area is 170 Å². The van der Waals surface area contributed by atoms with Gasteiger partial charge in [-0.1, -0.05) is 17.7 Å². The summed E-state index contributed by atoms with van der Waals surface area (Å²) >= 11 is 6.18.